The molecule has 0 bridgehead atoms. The summed E-state index contributed by atoms with van der Waals surface area (Å²) in [5.74, 6) is 0. The van der Waals surface area contributed by atoms with Gasteiger partial charge >= 0.3 is 8.80 Å². The first-order chi connectivity index (χ1) is 5.16. The molecule has 0 saturated carbocycles. The predicted molar refractivity (Wildman–Crippen MR) is 49.8 cm³/mol. The fourth-order valence-corrected chi connectivity index (χ4v) is 3.22. The summed E-state index contributed by atoms with van der Waals surface area (Å²) in [6.07, 6.45) is 1.64. The fraction of sp³-hybridized carbons (Fsp3) is 0.667. The highest BCUT2D eigenvalue weighted by Crippen LogP contribution is 2.17. The van der Waals surface area contributed by atoms with E-state index in [-0.39, 0.29) is 4.87 Å². The lowest BCUT2D eigenvalue weighted by molar-refractivity contribution is 0.125. The molecule has 3 nitrogen and oxygen atoms in total. The van der Waals surface area contributed by atoms with Crippen LogP contribution in [-0.4, -0.2) is 35.0 Å². The van der Waals surface area contributed by atoms with E-state index in [2.05, 4.69) is 19.2 Å². The molecule has 0 aliphatic carbocycles. The van der Waals surface area contributed by atoms with E-state index < -0.39 is 8.80 Å². The summed E-state index contributed by atoms with van der Waals surface area (Å²) < 4.78 is 15.4. The molecule has 1 unspecified atom stereocenters. The van der Waals surface area contributed by atoms with Gasteiger partial charge in [0, 0.05) is 21.3 Å². The van der Waals surface area contributed by atoms with E-state index in [4.69, 9.17) is 13.3 Å². The zero-order valence-corrected chi connectivity index (χ0v) is 8.93. The van der Waals surface area contributed by atoms with Crippen LogP contribution in [-0.2, 0) is 13.3 Å². The van der Waals surface area contributed by atoms with Crippen molar-refractivity contribution >= 4 is 21.4 Å². The molecule has 0 aromatic rings. The number of rotatable bonds is 5. The first kappa shape index (κ1) is 11.2. The SMILES string of the molecule is C=CC(S)[Si](OC)(OC)OC. The second kappa shape index (κ2) is 4.94. The largest absolute Gasteiger partial charge is 0.517 e. The molecule has 11 heavy (non-hydrogen) atoms. The van der Waals surface area contributed by atoms with Gasteiger partial charge in [-0.25, -0.2) is 0 Å². The monoisotopic (exact) mass is 194 g/mol. The zero-order chi connectivity index (χ0) is 8.91. The van der Waals surface area contributed by atoms with Crippen LogP contribution < -0.4 is 0 Å². The van der Waals surface area contributed by atoms with Crippen molar-refractivity contribution < 1.29 is 13.3 Å². The van der Waals surface area contributed by atoms with E-state index in [1.165, 1.54) is 0 Å². The summed E-state index contributed by atoms with van der Waals surface area (Å²) in [6.45, 7) is 3.59. The summed E-state index contributed by atoms with van der Waals surface area (Å²) in [4.78, 5) is -0.178. The van der Waals surface area contributed by atoms with Crippen molar-refractivity contribution in [1.82, 2.24) is 0 Å². The van der Waals surface area contributed by atoms with Crippen LogP contribution in [0.3, 0.4) is 0 Å². The van der Waals surface area contributed by atoms with E-state index in [0.29, 0.717) is 0 Å². The summed E-state index contributed by atoms with van der Waals surface area (Å²) in [6, 6.07) is 0. The van der Waals surface area contributed by atoms with E-state index in [1.807, 2.05) is 0 Å². The Hall–Kier alpha value is 0.187. The average Bonchev–Trinajstić information content (AvgIpc) is 2.08. The van der Waals surface area contributed by atoms with Crippen molar-refractivity contribution in [2.24, 2.45) is 0 Å². The Morgan fingerprint density at radius 2 is 1.64 bits per heavy atom. The highest BCUT2D eigenvalue weighted by atomic mass is 32.1. The smallest absolute Gasteiger partial charge is 0.376 e. The normalized spacial score (nSPS) is 14.5. The quantitative estimate of drug-likeness (QED) is 0.400. The molecule has 0 aromatic heterocycles. The van der Waals surface area contributed by atoms with Crippen molar-refractivity contribution in [3.05, 3.63) is 12.7 Å². The first-order valence-corrected chi connectivity index (χ1v) is 5.44. The van der Waals surface area contributed by atoms with Crippen LogP contribution in [0.25, 0.3) is 0 Å². The molecule has 0 saturated heterocycles. The van der Waals surface area contributed by atoms with Crippen molar-refractivity contribution in [3.63, 3.8) is 0 Å². The second-order valence-electron chi connectivity index (χ2n) is 1.90. The van der Waals surface area contributed by atoms with E-state index >= 15 is 0 Å². The lowest BCUT2D eigenvalue weighted by atomic mass is 10.7. The zero-order valence-electron chi connectivity index (χ0n) is 7.03. The minimum absolute atomic E-state index is 0.178. The Morgan fingerprint density at radius 1 is 1.27 bits per heavy atom. The van der Waals surface area contributed by atoms with Crippen LogP contribution in [0.2, 0.25) is 0 Å². The minimum Gasteiger partial charge on any atom is -0.376 e. The molecular formula is C6H14O3SSi. The lowest BCUT2D eigenvalue weighted by Crippen LogP contribution is -2.51. The third-order valence-electron chi connectivity index (χ3n) is 1.44. The maximum atomic E-state index is 5.14. The molecule has 5 heteroatoms. The maximum absolute atomic E-state index is 5.14. The second-order valence-corrected chi connectivity index (χ2v) is 5.99. The van der Waals surface area contributed by atoms with Gasteiger partial charge in [-0.1, -0.05) is 6.08 Å². The molecule has 0 N–H and O–H groups in total. The summed E-state index contributed by atoms with van der Waals surface area (Å²) in [5, 5.41) is 0. The standard InChI is InChI=1S/C6H14O3SSi/c1-5-6(10)11(7-2,8-3)9-4/h5-6,10H,1H2,2-4H3. The van der Waals surface area contributed by atoms with Crippen LogP contribution in [0.1, 0.15) is 0 Å². The van der Waals surface area contributed by atoms with Gasteiger partial charge in [0.2, 0.25) is 0 Å². The number of hydrogen-bond donors (Lipinski definition) is 1. The topological polar surface area (TPSA) is 27.7 Å². The van der Waals surface area contributed by atoms with Crippen LogP contribution in [0.4, 0.5) is 0 Å². The molecule has 1 atom stereocenters. The summed E-state index contributed by atoms with van der Waals surface area (Å²) in [5.41, 5.74) is 0. The van der Waals surface area contributed by atoms with Crippen molar-refractivity contribution in [2.75, 3.05) is 21.3 Å². The Kier molecular flexibility index (Phi) is 5.03. The summed E-state index contributed by atoms with van der Waals surface area (Å²) in [7, 11) is 2.07. The third-order valence-corrected chi connectivity index (χ3v) is 5.27. The van der Waals surface area contributed by atoms with Gasteiger partial charge in [-0.2, -0.15) is 12.6 Å². The van der Waals surface area contributed by atoms with Gasteiger partial charge in [0.15, 0.2) is 0 Å². The van der Waals surface area contributed by atoms with Crippen molar-refractivity contribution in [1.29, 1.82) is 0 Å². The van der Waals surface area contributed by atoms with Crippen LogP contribution in [0, 0.1) is 0 Å². The first-order valence-electron chi connectivity index (χ1n) is 3.13. The van der Waals surface area contributed by atoms with Gasteiger partial charge in [0.25, 0.3) is 0 Å². The Bertz CT molecular complexity index is 119. The van der Waals surface area contributed by atoms with E-state index in [9.17, 15) is 0 Å². The molecular weight excluding hydrogens is 180 g/mol. The van der Waals surface area contributed by atoms with Crippen LogP contribution in [0.5, 0.6) is 0 Å². The summed E-state index contributed by atoms with van der Waals surface area (Å²) >= 11 is 4.22. The molecule has 0 radical (unpaired) electrons. The molecule has 0 spiro atoms. The van der Waals surface area contributed by atoms with Gasteiger partial charge in [-0.3, -0.25) is 0 Å². The Morgan fingerprint density at radius 3 is 1.73 bits per heavy atom. The van der Waals surface area contributed by atoms with Gasteiger partial charge in [-0.05, 0) is 0 Å². The number of thiol groups is 1. The molecule has 0 rings (SSSR count). The predicted octanol–water partition coefficient (Wildman–Crippen LogP) is 0.888. The van der Waals surface area contributed by atoms with Gasteiger partial charge < -0.3 is 13.3 Å². The highest BCUT2D eigenvalue weighted by Gasteiger charge is 2.43. The molecule has 0 aromatic carbocycles. The Labute approximate surface area is 74.1 Å². The minimum atomic E-state index is -2.57. The molecule has 0 aliphatic heterocycles. The third kappa shape index (κ3) is 2.31. The fourth-order valence-electron chi connectivity index (χ4n) is 0.757. The van der Waals surface area contributed by atoms with E-state index in [0.717, 1.165) is 0 Å². The van der Waals surface area contributed by atoms with Gasteiger partial charge in [0.05, 0.1) is 4.87 Å². The Balaban J connectivity index is 4.38. The van der Waals surface area contributed by atoms with Crippen LogP contribution >= 0.6 is 12.6 Å². The van der Waals surface area contributed by atoms with E-state index in [1.54, 1.807) is 27.4 Å². The van der Waals surface area contributed by atoms with Crippen molar-refractivity contribution in [2.45, 2.75) is 4.87 Å². The number of hydrogen-bond acceptors (Lipinski definition) is 4. The molecule has 0 heterocycles. The highest BCUT2D eigenvalue weighted by molar-refractivity contribution is 7.83. The van der Waals surface area contributed by atoms with Crippen LogP contribution in [0.15, 0.2) is 12.7 Å². The average molecular weight is 194 g/mol. The van der Waals surface area contributed by atoms with Gasteiger partial charge in [0.1, 0.15) is 0 Å². The molecule has 66 valence electrons. The molecule has 0 fully saturated rings. The maximum Gasteiger partial charge on any atom is 0.517 e. The molecule has 0 aliphatic rings. The van der Waals surface area contributed by atoms with Gasteiger partial charge in [-0.15, -0.1) is 6.58 Å². The lowest BCUT2D eigenvalue weighted by Gasteiger charge is -2.27. The molecule has 0 amide bonds. The van der Waals surface area contributed by atoms with Crippen molar-refractivity contribution in [3.8, 4) is 0 Å².